The van der Waals surface area contributed by atoms with E-state index in [2.05, 4.69) is 21.2 Å². The third kappa shape index (κ3) is 4.29. The molecule has 2 rings (SSSR count). The Morgan fingerprint density at radius 3 is 2.67 bits per heavy atom. The lowest BCUT2D eigenvalue weighted by Gasteiger charge is -2.20. The second-order valence-corrected chi connectivity index (χ2v) is 6.40. The van der Waals surface area contributed by atoms with Gasteiger partial charge in [-0.2, -0.15) is 0 Å². The molecule has 1 nitrogen and oxygen atoms in total. The van der Waals surface area contributed by atoms with Crippen LogP contribution in [0.2, 0.25) is 5.02 Å². The summed E-state index contributed by atoms with van der Waals surface area (Å²) in [6.45, 7) is 4.84. The summed E-state index contributed by atoms with van der Waals surface area (Å²) in [5.74, 6) is -0.190. The van der Waals surface area contributed by atoms with Crippen molar-refractivity contribution in [2.75, 3.05) is 6.54 Å². The average Bonchev–Trinajstić information content (AvgIpc) is 2.42. The number of nitrogens with one attached hydrogen (secondary N) is 1. The molecule has 0 aromatic heterocycles. The lowest BCUT2D eigenvalue weighted by Crippen LogP contribution is -2.23. The SMILES string of the molecule is CCNC(Cc1cc(Br)ccc1F)c1ccc(C)cc1Cl. The van der Waals surface area contributed by atoms with Crippen LogP contribution in [0.3, 0.4) is 0 Å². The van der Waals surface area contributed by atoms with E-state index in [9.17, 15) is 4.39 Å². The molecule has 112 valence electrons. The van der Waals surface area contributed by atoms with E-state index in [0.29, 0.717) is 12.0 Å². The molecule has 0 spiro atoms. The van der Waals surface area contributed by atoms with Crippen LogP contribution in [-0.4, -0.2) is 6.54 Å². The number of likely N-dealkylation sites (N-methyl/N-ethyl adjacent to an activating group) is 1. The van der Waals surface area contributed by atoms with E-state index < -0.39 is 0 Å². The summed E-state index contributed by atoms with van der Waals surface area (Å²) in [6.07, 6.45) is 0.557. The molecule has 0 aliphatic heterocycles. The normalized spacial score (nSPS) is 12.4. The van der Waals surface area contributed by atoms with Crippen molar-refractivity contribution in [1.82, 2.24) is 5.32 Å². The van der Waals surface area contributed by atoms with Crippen molar-refractivity contribution >= 4 is 27.5 Å². The fourth-order valence-corrected chi connectivity index (χ4v) is 3.15. The number of rotatable bonds is 5. The van der Waals surface area contributed by atoms with Gasteiger partial charge in [-0.1, -0.05) is 46.6 Å². The van der Waals surface area contributed by atoms with Gasteiger partial charge in [-0.25, -0.2) is 4.39 Å². The van der Waals surface area contributed by atoms with Crippen LogP contribution in [0.5, 0.6) is 0 Å². The average molecular weight is 371 g/mol. The Hall–Kier alpha value is -0.900. The molecule has 0 amide bonds. The van der Waals surface area contributed by atoms with Crippen LogP contribution in [0.1, 0.15) is 29.7 Å². The van der Waals surface area contributed by atoms with E-state index in [1.54, 1.807) is 6.07 Å². The van der Waals surface area contributed by atoms with Crippen LogP contribution in [-0.2, 0) is 6.42 Å². The van der Waals surface area contributed by atoms with Gasteiger partial charge in [0.25, 0.3) is 0 Å². The summed E-state index contributed by atoms with van der Waals surface area (Å²) in [5.41, 5.74) is 2.79. The van der Waals surface area contributed by atoms with Crippen LogP contribution in [0.25, 0.3) is 0 Å². The molecule has 0 aliphatic rings. The van der Waals surface area contributed by atoms with E-state index in [0.717, 1.165) is 27.2 Å². The second kappa shape index (κ2) is 7.39. The van der Waals surface area contributed by atoms with Crippen molar-refractivity contribution in [3.63, 3.8) is 0 Å². The van der Waals surface area contributed by atoms with Gasteiger partial charge in [-0.05, 0) is 60.8 Å². The largest absolute Gasteiger partial charge is 0.310 e. The number of hydrogen-bond acceptors (Lipinski definition) is 1. The van der Waals surface area contributed by atoms with Crippen molar-refractivity contribution < 1.29 is 4.39 Å². The number of benzene rings is 2. The monoisotopic (exact) mass is 369 g/mol. The van der Waals surface area contributed by atoms with Crippen molar-refractivity contribution in [2.45, 2.75) is 26.3 Å². The van der Waals surface area contributed by atoms with Crippen molar-refractivity contribution in [3.05, 3.63) is 68.4 Å². The topological polar surface area (TPSA) is 12.0 Å². The summed E-state index contributed by atoms with van der Waals surface area (Å²) in [4.78, 5) is 0. The predicted octanol–water partition coefficient (Wildman–Crippen LogP) is 5.44. The number of hydrogen-bond donors (Lipinski definition) is 1. The summed E-state index contributed by atoms with van der Waals surface area (Å²) < 4.78 is 14.8. The fraction of sp³-hybridized carbons (Fsp3) is 0.294. The molecule has 0 aliphatic carbocycles. The maximum Gasteiger partial charge on any atom is 0.126 e. The first-order valence-electron chi connectivity index (χ1n) is 6.94. The first kappa shape index (κ1) is 16.5. The van der Waals surface area contributed by atoms with E-state index in [4.69, 9.17) is 11.6 Å². The molecule has 0 fully saturated rings. The van der Waals surface area contributed by atoms with Gasteiger partial charge in [0.05, 0.1) is 0 Å². The van der Waals surface area contributed by atoms with Gasteiger partial charge in [0.15, 0.2) is 0 Å². The molecule has 0 saturated heterocycles. The van der Waals surface area contributed by atoms with Crippen LogP contribution < -0.4 is 5.32 Å². The molecular formula is C17H18BrClFN. The highest BCUT2D eigenvalue weighted by molar-refractivity contribution is 9.10. The molecule has 0 heterocycles. The van der Waals surface area contributed by atoms with Crippen molar-refractivity contribution in [1.29, 1.82) is 0 Å². The maximum absolute atomic E-state index is 14.0. The number of aryl methyl sites for hydroxylation is 1. The summed E-state index contributed by atoms with van der Waals surface area (Å²) in [6, 6.07) is 11.0. The van der Waals surface area contributed by atoms with E-state index >= 15 is 0 Å². The Labute approximate surface area is 138 Å². The lowest BCUT2D eigenvalue weighted by atomic mass is 9.97. The highest BCUT2D eigenvalue weighted by Gasteiger charge is 2.16. The Morgan fingerprint density at radius 2 is 2.00 bits per heavy atom. The smallest absolute Gasteiger partial charge is 0.126 e. The van der Waals surface area contributed by atoms with E-state index in [1.807, 2.05) is 38.1 Å². The first-order valence-corrected chi connectivity index (χ1v) is 8.11. The molecule has 2 aromatic rings. The Kier molecular flexibility index (Phi) is 5.80. The van der Waals surface area contributed by atoms with Gasteiger partial charge in [0, 0.05) is 15.5 Å². The third-order valence-electron chi connectivity index (χ3n) is 3.41. The molecule has 21 heavy (non-hydrogen) atoms. The maximum atomic E-state index is 14.0. The molecule has 1 unspecified atom stereocenters. The zero-order chi connectivity index (χ0) is 15.4. The van der Waals surface area contributed by atoms with Crippen LogP contribution in [0.15, 0.2) is 40.9 Å². The van der Waals surface area contributed by atoms with Crippen molar-refractivity contribution in [3.8, 4) is 0 Å². The molecule has 4 heteroatoms. The zero-order valence-corrected chi connectivity index (χ0v) is 14.4. The molecule has 0 radical (unpaired) electrons. The van der Waals surface area contributed by atoms with Gasteiger partial charge in [-0.15, -0.1) is 0 Å². The quantitative estimate of drug-likeness (QED) is 0.738. The first-order chi connectivity index (χ1) is 10.0. The van der Waals surface area contributed by atoms with Gasteiger partial charge in [0.2, 0.25) is 0 Å². The standard InChI is InChI=1S/C17H18BrClFN/c1-3-21-17(14-6-4-11(2)8-15(14)19)10-12-9-13(18)5-7-16(12)20/h4-9,17,21H,3,10H2,1-2H3. The molecule has 1 atom stereocenters. The summed E-state index contributed by atoms with van der Waals surface area (Å²) in [7, 11) is 0. The molecule has 1 N–H and O–H groups in total. The van der Waals surface area contributed by atoms with E-state index in [1.165, 1.54) is 6.07 Å². The fourth-order valence-electron chi connectivity index (χ4n) is 2.37. The number of halogens is 3. The zero-order valence-electron chi connectivity index (χ0n) is 12.1. The van der Waals surface area contributed by atoms with Gasteiger partial charge in [-0.3, -0.25) is 0 Å². The minimum absolute atomic E-state index is 0.00750. The highest BCUT2D eigenvalue weighted by atomic mass is 79.9. The predicted molar refractivity (Wildman–Crippen MR) is 90.4 cm³/mol. The third-order valence-corrected chi connectivity index (χ3v) is 4.23. The van der Waals surface area contributed by atoms with Gasteiger partial charge in [0.1, 0.15) is 5.82 Å². The second-order valence-electron chi connectivity index (χ2n) is 5.08. The van der Waals surface area contributed by atoms with Crippen LogP contribution in [0.4, 0.5) is 4.39 Å². The highest BCUT2D eigenvalue weighted by Crippen LogP contribution is 2.28. The minimum Gasteiger partial charge on any atom is -0.310 e. The minimum atomic E-state index is -0.190. The van der Waals surface area contributed by atoms with E-state index in [-0.39, 0.29) is 11.9 Å². The molecule has 2 aromatic carbocycles. The van der Waals surface area contributed by atoms with Crippen LogP contribution in [0, 0.1) is 12.7 Å². The molecular weight excluding hydrogens is 353 g/mol. The lowest BCUT2D eigenvalue weighted by molar-refractivity contribution is 0.528. The van der Waals surface area contributed by atoms with Gasteiger partial charge >= 0.3 is 0 Å². The summed E-state index contributed by atoms with van der Waals surface area (Å²) >= 11 is 9.75. The molecule has 0 saturated carbocycles. The van der Waals surface area contributed by atoms with Gasteiger partial charge < -0.3 is 5.32 Å². The Balaban J connectivity index is 2.32. The molecule has 0 bridgehead atoms. The Bertz CT molecular complexity index is 630. The Morgan fingerprint density at radius 1 is 1.24 bits per heavy atom. The van der Waals surface area contributed by atoms with Crippen molar-refractivity contribution in [2.24, 2.45) is 0 Å². The van der Waals surface area contributed by atoms with Crippen LogP contribution >= 0.6 is 27.5 Å². The summed E-state index contributed by atoms with van der Waals surface area (Å²) in [5, 5.41) is 4.11.